The number of aromatic nitrogens is 2. The predicted octanol–water partition coefficient (Wildman–Crippen LogP) is 3.78. The maximum Gasteiger partial charge on any atom is 0.136 e. The van der Waals surface area contributed by atoms with Crippen LogP contribution in [0.3, 0.4) is 0 Å². The van der Waals surface area contributed by atoms with Crippen molar-refractivity contribution < 1.29 is 0 Å². The largest absolute Gasteiger partial charge is 0.370 e. The first-order valence-electron chi connectivity index (χ1n) is 8.14. The minimum atomic E-state index is 0.586. The number of hydrogen-bond donors (Lipinski definition) is 2. The molecule has 1 aromatic heterocycles. The van der Waals surface area contributed by atoms with E-state index in [1.54, 1.807) is 0 Å². The molecule has 0 amide bonds. The molecule has 0 aliphatic heterocycles. The van der Waals surface area contributed by atoms with E-state index >= 15 is 0 Å². The van der Waals surface area contributed by atoms with Crippen LogP contribution in [0.1, 0.15) is 64.1 Å². The second kappa shape index (κ2) is 5.98. The van der Waals surface area contributed by atoms with Crippen molar-refractivity contribution in [3.05, 3.63) is 11.9 Å². The van der Waals surface area contributed by atoms with Gasteiger partial charge >= 0.3 is 0 Å². The van der Waals surface area contributed by atoms with Crippen LogP contribution in [0.5, 0.6) is 0 Å². The molecule has 3 rings (SSSR count). The van der Waals surface area contributed by atoms with Crippen LogP contribution in [-0.2, 0) is 0 Å². The molecule has 0 spiro atoms. The Labute approximate surface area is 121 Å². The molecule has 2 saturated carbocycles. The lowest BCUT2D eigenvalue weighted by molar-refractivity contribution is 0.360. The molecule has 2 N–H and O–H groups in total. The molecule has 2 aliphatic rings. The summed E-state index contributed by atoms with van der Waals surface area (Å²) in [4.78, 5) is 9.36. The van der Waals surface area contributed by atoms with Gasteiger partial charge in [-0.25, -0.2) is 9.97 Å². The summed E-state index contributed by atoms with van der Waals surface area (Å²) in [5.74, 6) is 4.49. The maximum atomic E-state index is 4.73. The SMILES string of the molecule is CCNc1cc(NC2CCC(C)CC2)nc(C2CC2)n1. The Bertz CT molecular complexity index is 448. The second-order valence-corrected chi connectivity index (χ2v) is 6.40. The lowest BCUT2D eigenvalue weighted by Crippen LogP contribution is -2.26. The number of anilines is 2. The number of nitrogens with one attached hydrogen (secondary N) is 2. The van der Waals surface area contributed by atoms with Crippen LogP contribution >= 0.6 is 0 Å². The lowest BCUT2D eigenvalue weighted by atomic mass is 9.87. The molecule has 110 valence electrons. The molecule has 4 heteroatoms. The van der Waals surface area contributed by atoms with Gasteiger partial charge in [0.15, 0.2) is 0 Å². The Morgan fingerprint density at radius 3 is 2.40 bits per heavy atom. The Morgan fingerprint density at radius 2 is 1.75 bits per heavy atom. The third kappa shape index (κ3) is 3.41. The van der Waals surface area contributed by atoms with Gasteiger partial charge in [0.1, 0.15) is 17.5 Å². The van der Waals surface area contributed by atoms with Crippen LogP contribution in [0.4, 0.5) is 11.6 Å². The van der Waals surface area contributed by atoms with Gasteiger partial charge in [-0.1, -0.05) is 6.92 Å². The van der Waals surface area contributed by atoms with E-state index in [1.807, 2.05) is 0 Å². The fourth-order valence-corrected chi connectivity index (χ4v) is 2.95. The lowest BCUT2D eigenvalue weighted by Gasteiger charge is -2.27. The average molecular weight is 274 g/mol. The smallest absolute Gasteiger partial charge is 0.136 e. The van der Waals surface area contributed by atoms with Gasteiger partial charge < -0.3 is 10.6 Å². The molecule has 2 fully saturated rings. The van der Waals surface area contributed by atoms with Crippen molar-refractivity contribution in [1.29, 1.82) is 0 Å². The van der Waals surface area contributed by atoms with Crippen LogP contribution in [0.2, 0.25) is 0 Å². The van der Waals surface area contributed by atoms with E-state index in [0.29, 0.717) is 12.0 Å². The number of nitrogens with zero attached hydrogens (tertiary/aromatic N) is 2. The molecular weight excluding hydrogens is 248 g/mol. The average Bonchev–Trinajstić information content (AvgIpc) is 3.26. The van der Waals surface area contributed by atoms with E-state index in [1.165, 1.54) is 38.5 Å². The van der Waals surface area contributed by atoms with Crippen molar-refractivity contribution in [2.24, 2.45) is 5.92 Å². The van der Waals surface area contributed by atoms with Gasteiger partial charge in [-0.05, 0) is 51.4 Å². The van der Waals surface area contributed by atoms with Gasteiger partial charge in [0.05, 0.1) is 0 Å². The van der Waals surface area contributed by atoms with Gasteiger partial charge in [-0.3, -0.25) is 0 Å². The van der Waals surface area contributed by atoms with Gasteiger partial charge in [0, 0.05) is 24.6 Å². The standard InChI is InChI=1S/C16H26N4/c1-3-17-14-10-15(20-16(19-14)12-6-7-12)18-13-8-4-11(2)5-9-13/h10-13H,3-9H2,1-2H3,(H2,17,18,19,20). The topological polar surface area (TPSA) is 49.8 Å². The predicted molar refractivity (Wildman–Crippen MR) is 83.2 cm³/mol. The Kier molecular flexibility index (Phi) is 4.08. The van der Waals surface area contributed by atoms with Crippen molar-refractivity contribution in [3.63, 3.8) is 0 Å². The monoisotopic (exact) mass is 274 g/mol. The molecule has 0 atom stereocenters. The highest BCUT2D eigenvalue weighted by Crippen LogP contribution is 2.39. The second-order valence-electron chi connectivity index (χ2n) is 6.40. The highest BCUT2D eigenvalue weighted by Gasteiger charge is 2.27. The van der Waals surface area contributed by atoms with Crippen LogP contribution < -0.4 is 10.6 Å². The molecule has 0 radical (unpaired) electrons. The summed E-state index contributed by atoms with van der Waals surface area (Å²) in [7, 11) is 0. The summed E-state index contributed by atoms with van der Waals surface area (Å²) in [5, 5.41) is 6.96. The third-order valence-electron chi connectivity index (χ3n) is 4.41. The van der Waals surface area contributed by atoms with E-state index < -0.39 is 0 Å². The van der Waals surface area contributed by atoms with Crippen molar-refractivity contribution in [3.8, 4) is 0 Å². The van der Waals surface area contributed by atoms with Gasteiger partial charge in [0.2, 0.25) is 0 Å². The van der Waals surface area contributed by atoms with E-state index in [2.05, 4.69) is 35.5 Å². The zero-order valence-corrected chi connectivity index (χ0v) is 12.7. The normalized spacial score (nSPS) is 26.3. The summed E-state index contributed by atoms with van der Waals surface area (Å²) < 4.78 is 0. The van der Waals surface area contributed by atoms with E-state index in [4.69, 9.17) is 4.98 Å². The summed E-state index contributed by atoms with van der Waals surface area (Å²) in [5.41, 5.74) is 0. The third-order valence-corrected chi connectivity index (χ3v) is 4.41. The van der Waals surface area contributed by atoms with Crippen molar-refractivity contribution in [1.82, 2.24) is 9.97 Å². The first-order valence-corrected chi connectivity index (χ1v) is 8.14. The number of hydrogen-bond acceptors (Lipinski definition) is 4. The Balaban J connectivity index is 1.70. The highest BCUT2D eigenvalue weighted by atomic mass is 15.1. The zero-order chi connectivity index (χ0) is 13.9. The van der Waals surface area contributed by atoms with E-state index in [0.717, 1.165) is 29.9 Å². The summed E-state index contributed by atoms with van der Waals surface area (Å²) in [6.07, 6.45) is 7.68. The molecule has 20 heavy (non-hydrogen) atoms. The summed E-state index contributed by atoms with van der Waals surface area (Å²) in [6.45, 7) is 5.37. The first-order chi connectivity index (χ1) is 9.74. The first kappa shape index (κ1) is 13.7. The fourth-order valence-electron chi connectivity index (χ4n) is 2.95. The quantitative estimate of drug-likeness (QED) is 0.858. The molecule has 4 nitrogen and oxygen atoms in total. The van der Waals surface area contributed by atoms with E-state index in [9.17, 15) is 0 Å². The van der Waals surface area contributed by atoms with Gasteiger partial charge in [0.25, 0.3) is 0 Å². The minimum Gasteiger partial charge on any atom is -0.370 e. The maximum absolute atomic E-state index is 4.73. The van der Waals surface area contributed by atoms with Crippen molar-refractivity contribution >= 4 is 11.6 Å². The molecule has 0 saturated heterocycles. The van der Waals surface area contributed by atoms with Gasteiger partial charge in [-0.15, -0.1) is 0 Å². The van der Waals surface area contributed by atoms with Gasteiger partial charge in [-0.2, -0.15) is 0 Å². The fraction of sp³-hybridized carbons (Fsp3) is 0.750. The van der Waals surface area contributed by atoms with Crippen LogP contribution in [-0.4, -0.2) is 22.6 Å². The zero-order valence-electron chi connectivity index (χ0n) is 12.7. The van der Waals surface area contributed by atoms with Crippen LogP contribution in [0, 0.1) is 5.92 Å². The Hall–Kier alpha value is -1.32. The minimum absolute atomic E-state index is 0.586. The molecule has 1 heterocycles. The van der Waals surface area contributed by atoms with Crippen molar-refractivity contribution in [2.45, 2.75) is 64.3 Å². The molecule has 0 aromatic carbocycles. The molecular formula is C16H26N4. The highest BCUT2D eigenvalue weighted by molar-refractivity contribution is 5.48. The van der Waals surface area contributed by atoms with Crippen LogP contribution in [0.15, 0.2) is 6.07 Å². The summed E-state index contributed by atoms with van der Waals surface area (Å²) in [6, 6.07) is 2.65. The Morgan fingerprint density at radius 1 is 1.05 bits per heavy atom. The molecule has 0 bridgehead atoms. The molecule has 0 unspecified atom stereocenters. The molecule has 2 aliphatic carbocycles. The molecule has 1 aromatic rings. The summed E-state index contributed by atoms with van der Waals surface area (Å²) >= 11 is 0. The van der Waals surface area contributed by atoms with Crippen molar-refractivity contribution in [2.75, 3.05) is 17.2 Å². The number of rotatable bonds is 5. The van der Waals surface area contributed by atoms with E-state index in [-0.39, 0.29) is 0 Å². The van der Waals surface area contributed by atoms with Crippen LogP contribution in [0.25, 0.3) is 0 Å².